The summed E-state index contributed by atoms with van der Waals surface area (Å²) in [5.74, 6) is 1.25. The zero-order valence-corrected chi connectivity index (χ0v) is 18.1. The minimum atomic E-state index is -0.296. The third kappa shape index (κ3) is 5.66. The number of halogens is 1. The molecular formula is C22H25ClN4O4. The summed E-state index contributed by atoms with van der Waals surface area (Å²) in [6.45, 7) is 6.67. The van der Waals surface area contributed by atoms with E-state index in [2.05, 4.69) is 20.5 Å². The lowest BCUT2D eigenvalue weighted by atomic mass is 10.2. The Labute approximate surface area is 186 Å². The standard InChI is InChI=1S/C22H25ClN4O4/c1-15-2-4-17(23)13-18(15)25-22(24-6-7-27-8-10-29-11-9-27)26-21(28)16-3-5-19-20(12-16)31-14-30-19/h2-5,12-13H,6-11,14H2,1H3,(H2,24,25,26,28). The van der Waals surface area contributed by atoms with Crippen LogP contribution >= 0.6 is 11.6 Å². The molecule has 0 radical (unpaired) electrons. The lowest BCUT2D eigenvalue weighted by Crippen LogP contribution is -2.39. The van der Waals surface area contributed by atoms with Gasteiger partial charge in [-0.3, -0.25) is 20.0 Å². The van der Waals surface area contributed by atoms with Crippen LogP contribution in [0.3, 0.4) is 0 Å². The Hall–Kier alpha value is -2.81. The minimum absolute atomic E-state index is 0.157. The lowest BCUT2D eigenvalue weighted by molar-refractivity contribution is 0.0394. The molecule has 2 N–H and O–H groups in total. The second-order valence-corrected chi connectivity index (χ2v) is 7.73. The number of aryl methyl sites for hydroxylation is 1. The van der Waals surface area contributed by atoms with Gasteiger partial charge in [-0.2, -0.15) is 0 Å². The fourth-order valence-electron chi connectivity index (χ4n) is 3.31. The molecule has 2 aliphatic heterocycles. The zero-order valence-electron chi connectivity index (χ0n) is 17.3. The van der Waals surface area contributed by atoms with Crippen molar-refractivity contribution in [2.75, 3.05) is 51.5 Å². The number of morpholine rings is 1. The van der Waals surface area contributed by atoms with Crippen molar-refractivity contribution in [3.63, 3.8) is 0 Å². The van der Waals surface area contributed by atoms with Gasteiger partial charge in [0.2, 0.25) is 12.8 Å². The third-order valence-electron chi connectivity index (χ3n) is 5.11. The molecule has 0 bridgehead atoms. The minimum Gasteiger partial charge on any atom is -0.454 e. The maximum atomic E-state index is 12.9. The number of ether oxygens (including phenoxy) is 3. The van der Waals surface area contributed by atoms with E-state index in [1.165, 1.54) is 0 Å². The van der Waals surface area contributed by atoms with E-state index < -0.39 is 0 Å². The van der Waals surface area contributed by atoms with E-state index in [-0.39, 0.29) is 12.7 Å². The van der Waals surface area contributed by atoms with Crippen molar-refractivity contribution in [2.24, 2.45) is 4.99 Å². The number of nitrogens with zero attached hydrogens (tertiary/aromatic N) is 2. The summed E-state index contributed by atoms with van der Waals surface area (Å²) in [7, 11) is 0. The van der Waals surface area contributed by atoms with Crippen LogP contribution in [0.15, 0.2) is 41.4 Å². The van der Waals surface area contributed by atoms with Gasteiger partial charge in [0.1, 0.15) is 0 Å². The fraction of sp³-hybridized carbons (Fsp3) is 0.364. The van der Waals surface area contributed by atoms with Crippen LogP contribution < -0.4 is 20.1 Å². The molecule has 31 heavy (non-hydrogen) atoms. The van der Waals surface area contributed by atoms with Crippen molar-refractivity contribution in [2.45, 2.75) is 6.92 Å². The lowest BCUT2D eigenvalue weighted by Gasteiger charge is -2.25. The van der Waals surface area contributed by atoms with Crippen molar-refractivity contribution in [3.8, 4) is 11.5 Å². The topological polar surface area (TPSA) is 84.4 Å². The van der Waals surface area contributed by atoms with Crippen LogP contribution in [-0.2, 0) is 4.74 Å². The first kappa shape index (κ1) is 21.4. The van der Waals surface area contributed by atoms with Crippen LogP contribution in [0.1, 0.15) is 15.9 Å². The molecule has 0 aliphatic carbocycles. The van der Waals surface area contributed by atoms with Crippen molar-refractivity contribution in [3.05, 3.63) is 52.5 Å². The molecule has 4 rings (SSSR count). The van der Waals surface area contributed by atoms with Gasteiger partial charge in [-0.1, -0.05) is 17.7 Å². The number of hydrogen-bond donors (Lipinski definition) is 2. The van der Waals surface area contributed by atoms with Crippen LogP contribution in [0, 0.1) is 6.92 Å². The first-order valence-corrected chi connectivity index (χ1v) is 10.5. The molecule has 164 valence electrons. The molecule has 0 unspecified atom stereocenters. The van der Waals surface area contributed by atoms with Crippen molar-refractivity contribution in [1.82, 2.24) is 10.2 Å². The Kier molecular flexibility index (Phi) is 6.91. The number of carbonyl (C=O) groups excluding carboxylic acids is 1. The highest BCUT2D eigenvalue weighted by Crippen LogP contribution is 2.32. The molecule has 1 saturated heterocycles. The van der Waals surface area contributed by atoms with Gasteiger partial charge < -0.3 is 19.5 Å². The van der Waals surface area contributed by atoms with Crippen molar-refractivity contribution in [1.29, 1.82) is 0 Å². The smallest absolute Gasteiger partial charge is 0.258 e. The molecule has 2 aromatic carbocycles. The molecule has 0 aromatic heterocycles. The average molecular weight is 445 g/mol. The van der Waals surface area contributed by atoms with Gasteiger partial charge in [0.05, 0.1) is 19.8 Å². The average Bonchev–Trinajstić information content (AvgIpc) is 3.25. The largest absolute Gasteiger partial charge is 0.454 e. The SMILES string of the molecule is Cc1ccc(Cl)cc1NC(=NCCN1CCOCC1)NC(=O)c1ccc2c(c1)OCO2. The number of guanidine groups is 1. The van der Waals surface area contributed by atoms with Crippen molar-refractivity contribution >= 4 is 29.2 Å². The van der Waals surface area contributed by atoms with E-state index in [1.807, 2.05) is 19.1 Å². The van der Waals surface area contributed by atoms with Gasteiger partial charge in [-0.15, -0.1) is 0 Å². The maximum absolute atomic E-state index is 12.9. The first-order chi connectivity index (χ1) is 15.1. The van der Waals surface area contributed by atoms with Crippen molar-refractivity contribution < 1.29 is 19.0 Å². The van der Waals surface area contributed by atoms with E-state index in [0.717, 1.165) is 44.1 Å². The van der Waals surface area contributed by atoms with Crippen LogP contribution in [0.25, 0.3) is 0 Å². The molecule has 0 spiro atoms. The van der Waals surface area contributed by atoms with Crippen LogP contribution in [-0.4, -0.2) is 63.0 Å². The number of fused-ring (bicyclic) bond motifs is 1. The van der Waals surface area contributed by atoms with E-state index in [0.29, 0.717) is 34.6 Å². The second kappa shape index (κ2) is 10.00. The Morgan fingerprint density at radius 3 is 2.77 bits per heavy atom. The normalized spacial score (nSPS) is 16.3. The number of aliphatic imine (C=N–C) groups is 1. The molecule has 1 amide bonds. The number of benzene rings is 2. The van der Waals surface area contributed by atoms with Crippen LogP contribution in [0.4, 0.5) is 5.69 Å². The van der Waals surface area contributed by atoms with E-state index in [9.17, 15) is 4.79 Å². The highest BCUT2D eigenvalue weighted by Gasteiger charge is 2.18. The molecule has 2 aromatic rings. The molecule has 9 heteroatoms. The fourth-order valence-corrected chi connectivity index (χ4v) is 3.48. The first-order valence-electron chi connectivity index (χ1n) is 10.2. The Balaban J connectivity index is 1.48. The Morgan fingerprint density at radius 1 is 1.13 bits per heavy atom. The highest BCUT2D eigenvalue weighted by molar-refractivity contribution is 6.31. The molecular weight excluding hydrogens is 420 g/mol. The van der Waals surface area contributed by atoms with Crippen LogP contribution in [0.5, 0.6) is 11.5 Å². The quantitative estimate of drug-likeness (QED) is 0.545. The van der Waals surface area contributed by atoms with Crippen LogP contribution in [0.2, 0.25) is 5.02 Å². The zero-order chi connectivity index (χ0) is 21.6. The predicted octanol–water partition coefficient (Wildman–Crippen LogP) is 2.91. The molecule has 0 atom stereocenters. The molecule has 2 heterocycles. The number of amides is 1. The summed E-state index contributed by atoms with van der Waals surface area (Å²) < 4.78 is 16.1. The summed E-state index contributed by atoms with van der Waals surface area (Å²) in [6, 6.07) is 10.6. The predicted molar refractivity (Wildman–Crippen MR) is 119 cm³/mol. The highest BCUT2D eigenvalue weighted by atomic mass is 35.5. The van der Waals surface area contributed by atoms with Gasteiger partial charge in [-0.05, 0) is 42.8 Å². The van der Waals surface area contributed by atoms with Gasteiger partial charge in [0.25, 0.3) is 5.91 Å². The summed E-state index contributed by atoms with van der Waals surface area (Å²) in [5.41, 5.74) is 2.22. The molecule has 2 aliphatic rings. The van der Waals surface area contributed by atoms with E-state index in [1.54, 1.807) is 24.3 Å². The third-order valence-corrected chi connectivity index (χ3v) is 5.34. The molecule has 0 saturated carbocycles. The van der Waals surface area contributed by atoms with E-state index >= 15 is 0 Å². The summed E-state index contributed by atoms with van der Waals surface area (Å²) in [6.07, 6.45) is 0. The van der Waals surface area contributed by atoms with Gasteiger partial charge in [0, 0.05) is 35.9 Å². The van der Waals surface area contributed by atoms with Gasteiger partial charge in [0.15, 0.2) is 11.5 Å². The van der Waals surface area contributed by atoms with E-state index in [4.69, 9.17) is 25.8 Å². The van der Waals surface area contributed by atoms with Gasteiger partial charge >= 0.3 is 0 Å². The summed E-state index contributed by atoms with van der Waals surface area (Å²) in [4.78, 5) is 19.8. The number of carbonyl (C=O) groups is 1. The number of rotatable bonds is 5. The summed E-state index contributed by atoms with van der Waals surface area (Å²) in [5, 5.41) is 6.69. The number of hydrogen-bond acceptors (Lipinski definition) is 6. The second-order valence-electron chi connectivity index (χ2n) is 7.29. The monoisotopic (exact) mass is 444 g/mol. The number of nitrogens with one attached hydrogen (secondary N) is 2. The Bertz CT molecular complexity index is 976. The maximum Gasteiger partial charge on any atom is 0.258 e. The van der Waals surface area contributed by atoms with Gasteiger partial charge in [-0.25, -0.2) is 0 Å². The summed E-state index contributed by atoms with van der Waals surface area (Å²) >= 11 is 6.15. The number of anilines is 1. The molecule has 8 nitrogen and oxygen atoms in total. The Morgan fingerprint density at radius 2 is 1.94 bits per heavy atom. The molecule has 1 fully saturated rings.